The molecule has 1 atom stereocenters. The van der Waals surface area contributed by atoms with Crippen molar-refractivity contribution in [1.29, 1.82) is 0 Å². The normalized spacial score (nSPS) is 15.6. The van der Waals surface area contributed by atoms with Gasteiger partial charge in [-0.1, -0.05) is 128 Å². The van der Waals surface area contributed by atoms with Gasteiger partial charge in [0.15, 0.2) is 0 Å². The van der Waals surface area contributed by atoms with Crippen molar-refractivity contribution >= 4 is 27.1 Å². The van der Waals surface area contributed by atoms with Crippen LogP contribution < -0.4 is 0 Å². The van der Waals surface area contributed by atoms with Gasteiger partial charge in [0.1, 0.15) is 0 Å². The average molecular weight is 525 g/mol. The van der Waals surface area contributed by atoms with E-state index in [0.29, 0.717) is 5.92 Å². The third-order valence-electron chi connectivity index (χ3n) is 9.21. The van der Waals surface area contributed by atoms with Crippen molar-refractivity contribution in [3.63, 3.8) is 0 Å². The summed E-state index contributed by atoms with van der Waals surface area (Å²) in [5.41, 5.74) is 13.8. The molecular weight excluding hydrogens is 492 g/mol. The number of fused-ring (bicyclic) bond motifs is 5. The molecule has 0 spiro atoms. The first kappa shape index (κ1) is 24.1. The topological polar surface area (TPSA) is 0 Å². The molecule has 0 radical (unpaired) electrons. The van der Waals surface area contributed by atoms with Gasteiger partial charge in [0.05, 0.1) is 0 Å². The van der Waals surface area contributed by atoms with Crippen LogP contribution in [0.4, 0.5) is 0 Å². The summed E-state index contributed by atoms with van der Waals surface area (Å²) in [7, 11) is 0. The van der Waals surface area contributed by atoms with E-state index in [1.54, 1.807) is 0 Å². The Bertz CT molecular complexity index is 1960. The predicted molar refractivity (Wildman–Crippen MR) is 176 cm³/mol. The van der Waals surface area contributed by atoms with Crippen LogP contribution in [0.1, 0.15) is 48.8 Å². The first-order valence-corrected chi connectivity index (χ1v) is 15.0. The maximum atomic E-state index is 2.50. The Morgan fingerprint density at radius 1 is 0.561 bits per heavy atom. The van der Waals surface area contributed by atoms with Crippen LogP contribution in [0.25, 0.3) is 60.5 Å². The van der Waals surface area contributed by atoms with E-state index < -0.39 is 0 Å². The van der Waals surface area contributed by atoms with Gasteiger partial charge in [-0.15, -0.1) is 0 Å². The van der Waals surface area contributed by atoms with Crippen molar-refractivity contribution in [2.24, 2.45) is 0 Å². The summed E-state index contributed by atoms with van der Waals surface area (Å²) in [6.45, 7) is 2.33. The highest BCUT2D eigenvalue weighted by atomic mass is 14.3. The Morgan fingerprint density at radius 3 is 1.71 bits per heavy atom. The summed E-state index contributed by atoms with van der Waals surface area (Å²) >= 11 is 0. The smallest absolute Gasteiger partial charge is 0.00994 e. The third kappa shape index (κ3) is 3.82. The molecule has 0 N–H and O–H groups in total. The van der Waals surface area contributed by atoms with Crippen LogP contribution in [0.3, 0.4) is 0 Å². The summed E-state index contributed by atoms with van der Waals surface area (Å²) in [6, 6.07) is 43.2. The molecule has 8 rings (SSSR count). The molecule has 0 heteroatoms. The van der Waals surface area contributed by atoms with Crippen LogP contribution >= 0.6 is 0 Å². The van der Waals surface area contributed by atoms with Crippen LogP contribution in [-0.2, 0) is 0 Å². The summed E-state index contributed by atoms with van der Waals surface area (Å²) in [5, 5.41) is 5.38. The van der Waals surface area contributed by atoms with Crippen LogP contribution in [-0.4, -0.2) is 0 Å². The Kier molecular flexibility index (Phi) is 5.74. The van der Waals surface area contributed by atoms with Gasteiger partial charge in [-0.25, -0.2) is 0 Å². The molecule has 6 aromatic carbocycles. The van der Waals surface area contributed by atoms with E-state index in [4.69, 9.17) is 0 Å². The van der Waals surface area contributed by atoms with Crippen molar-refractivity contribution in [3.05, 3.63) is 150 Å². The van der Waals surface area contributed by atoms with Gasteiger partial charge in [-0.3, -0.25) is 0 Å². The monoisotopic (exact) mass is 524 g/mol. The highest BCUT2D eigenvalue weighted by Crippen LogP contribution is 2.50. The Labute approximate surface area is 242 Å². The lowest BCUT2D eigenvalue weighted by Crippen LogP contribution is -1.97. The van der Waals surface area contributed by atoms with E-state index >= 15 is 0 Å². The van der Waals surface area contributed by atoms with Crippen molar-refractivity contribution in [2.75, 3.05) is 0 Å². The second kappa shape index (κ2) is 9.75. The van der Waals surface area contributed by atoms with Gasteiger partial charge in [0, 0.05) is 5.92 Å². The molecule has 0 saturated heterocycles. The fourth-order valence-corrected chi connectivity index (χ4v) is 7.36. The molecule has 41 heavy (non-hydrogen) atoms. The minimum absolute atomic E-state index is 0.402. The number of hydrogen-bond donors (Lipinski definition) is 0. The molecule has 0 aliphatic heterocycles. The number of benzene rings is 6. The summed E-state index contributed by atoms with van der Waals surface area (Å²) < 4.78 is 0. The second-order valence-electron chi connectivity index (χ2n) is 11.4. The molecule has 2 aliphatic rings. The molecular formula is C41H32. The van der Waals surface area contributed by atoms with Crippen molar-refractivity contribution < 1.29 is 0 Å². The minimum Gasteiger partial charge on any atom is -0.0842 e. The molecule has 0 nitrogen and oxygen atoms in total. The molecule has 1 unspecified atom stereocenters. The quantitative estimate of drug-likeness (QED) is 0.201. The largest absolute Gasteiger partial charge is 0.0842 e. The van der Waals surface area contributed by atoms with E-state index in [1.807, 2.05) is 0 Å². The van der Waals surface area contributed by atoms with Crippen molar-refractivity contribution in [2.45, 2.75) is 32.1 Å². The van der Waals surface area contributed by atoms with Crippen LogP contribution in [0.15, 0.2) is 133 Å². The lowest BCUT2D eigenvalue weighted by molar-refractivity contribution is 0.798. The fraction of sp³-hybridized carbons (Fsp3) is 0.122. The molecule has 0 amide bonds. The standard InChI is InChI=1S/C41H32/c1-2-31-38-25-29(27-13-5-3-6-14-27)21-23-32(38)33-24-22-30(26-39(31)33)41-36-19-11-9-17-34(36)40(28-15-7-4-8-16-28)35-18-10-12-20-37(35)41/h3-7,9-15,17-26,31H,2,8,16H2,1H3. The zero-order valence-electron chi connectivity index (χ0n) is 23.4. The summed E-state index contributed by atoms with van der Waals surface area (Å²) in [4.78, 5) is 0. The van der Waals surface area contributed by atoms with Crippen LogP contribution in [0.5, 0.6) is 0 Å². The Hall–Kier alpha value is -4.68. The molecule has 0 aromatic heterocycles. The predicted octanol–water partition coefficient (Wildman–Crippen LogP) is 11.6. The van der Waals surface area contributed by atoms with E-state index in [-0.39, 0.29) is 0 Å². The maximum absolute atomic E-state index is 2.50. The number of rotatable bonds is 4. The van der Waals surface area contributed by atoms with E-state index in [1.165, 1.54) is 77.2 Å². The average Bonchev–Trinajstić information content (AvgIpc) is 3.36. The molecule has 0 bridgehead atoms. The summed E-state index contributed by atoms with van der Waals surface area (Å²) in [6.07, 6.45) is 10.1. The van der Waals surface area contributed by atoms with Gasteiger partial charge in [0.25, 0.3) is 0 Å². The third-order valence-corrected chi connectivity index (χ3v) is 9.21. The first-order valence-electron chi connectivity index (χ1n) is 15.0. The molecule has 0 fully saturated rings. The van der Waals surface area contributed by atoms with Gasteiger partial charge in [0.2, 0.25) is 0 Å². The van der Waals surface area contributed by atoms with Gasteiger partial charge in [-0.2, -0.15) is 0 Å². The number of allylic oxidation sites excluding steroid dienone is 4. The van der Waals surface area contributed by atoms with Gasteiger partial charge in [-0.05, 0) is 109 Å². The highest BCUT2D eigenvalue weighted by Gasteiger charge is 2.29. The fourth-order valence-electron chi connectivity index (χ4n) is 7.36. The molecule has 2 aliphatic carbocycles. The van der Waals surface area contributed by atoms with Gasteiger partial charge >= 0.3 is 0 Å². The highest BCUT2D eigenvalue weighted by molar-refractivity contribution is 6.19. The molecule has 196 valence electrons. The maximum Gasteiger partial charge on any atom is 0.00994 e. The van der Waals surface area contributed by atoms with Crippen LogP contribution in [0, 0.1) is 0 Å². The Balaban J connectivity index is 1.34. The SMILES string of the molecule is CCC1c2cc(-c3ccccc3)ccc2-c2ccc(-c3c4ccccc4c(C4=CC=CCC4)c4ccccc34)cc21. The van der Waals surface area contributed by atoms with Crippen molar-refractivity contribution in [3.8, 4) is 33.4 Å². The van der Waals surface area contributed by atoms with E-state index in [9.17, 15) is 0 Å². The molecule has 0 saturated carbocycles. The molecule has 6 aromatic rings. The summed E-state index contributed by atoms with van der Waals surface area (Å²) in [5.74, 6) is 0.402. The van der Waals surface area contributed by atoms with E-state index in [2.05, 4.69) is 140 Å². The second-order valence-corrected chi connectivity index (χ2v) is 11.4. The Morgan fingerprint density at radius 2 is 1.12 bits per heavy atom. The minimum atomic E-state index is 0.402. The number of hydrogen-bond acceptors (Lipinski definition) is 0. The van der Waals surface area contributed by atoms with Gasteiger partial charge < -0.3 is 0 Å². The lowest BCUT2D eigenvalue weighted by Gasteiger charge is -2.20. The zero-order chi connectivity index (χ0) is 27.3. The van der Waals surface area contributed by atoms with Crippen molar-refractivity contribution in [1.82, 2.24) is 0 Å². The first-order chi connectivity index (χ1) is 20.3. The zero-order valence-corrected chi connectivity index (χ0v) is 23.4. The lowest BCUT2D eigenvalue weighted by atomic mass is 9.83. The van der Waals surface area contributed by atoms with E-state index in [0.717, 1.165) is 19.3 Å². The molecule has 0 heterocycles. The van der Waals surface area contributed by atoms with Crippen LogP contribution in [0.2, 0.25) is 0 Å².